The number of carboxylic acid groups (broad SMARTS) is 1. The molecular formula is C10H8O5. The van der Waals surface area contributed by atoms with Crippen LogP contribution in [0.2, 0.25) is 0 Å². The van der Waals surface area contributed by atoms with Crippen LogP contribution in [0, 0.1) is 0 Å². The Morgan fingerprint density at radius 3 is 2.47 bits per heavy atom. The van der Waals surface area contributed by atoms with Gasteiger partial charge in [-0.1, -0.05) is 0 Å². The summed E-state index contributed by atoms with van der Waals surface area (Å²) in [6.45, 7) is -0.0960. The first-order chi connectivity index (χ1) is 7.09. The third-order valence-corrected chi connectivity index (χ3v) is 2.44. The number of carbonyl (C=O) groups is 3. The average Bonchev–Trinajstić information content (AvgIpc) is 2.23. The van der Waals surface area contributed by atoms with Gasteiger partial charge in [-0.3, -0.25) is 9.59 Å². The summed E-state index contributed by atoms with van der Waals surface area (Å²) in [5, 5.41) is 8.72. The van der Waals surface area contributed by atoms with Crippen molar-refractivity contribution in [1.82, 2.24) is 0 Å². The van der Waals surface area contributed by atoms with E-state index in [1.807, 2.05) is 0 Å². The van der Waals surface area contributed by atoms with E-state index >= 15 is 0 Å². The standard InChI is InChI=1S/C10H8O5/c11-7-1-2-8(12)6-4-15-9(10(13)14)3-5(6)7/h1-2,9H,3-4H2,(H,13,14). The van der Waals surface area contributed by atoms with E-state index in [2.05, 4.69) is 0 Å². The average molecular weight is 208 g/mol. The van der Waals surface area contributed by atoms with Crippen molar-refractivity contribution in [1.29, 1.82) is 0 Å². The molecule has 0 spiro atoms. The number of aliphatic carboxylic acids is 1. The topological polar surface area (TPSA) is 80.7 Å². The molecule has 0 saturated heterocycles. The molecule has 5 heteroatoms. The Morgan fingerprint density at radius 1 is 1.27 bits per heavy atom. The van der Waals surface area contributed by atoms with E-state index in [9.17, 15) is 14.4 Å². The summed E-state index contributed by atoms with van der Waals surface area (Å²) in [5.41, 5.74) is 0.571. The van der Waals surface area contributed by atoms with Gasteiger partial charge in [0.1, 0.15) is 0 Å². The second kappa shape index (κ2) is 3.43. The summed E-state index contributed by atoms with van der Waals surface area (Å²) in [5.74, 6) is -1.68. The van der Waals surface area contributed by atoms with Gasteiger partial charge in [0.05, 0.1) is 6.61 Å². The van der Waals surface area contributed by atoms with E-state index < -0.39 is 12.1 Å². The predicted molar refractivity (Wildman–Crippen MR) is 48.2 cm³/mol. The maximum atomic E-state index is 11.4. The lowest BCUT2D eigenvalue weighted by molar-refractivity contribution is -0.150. The van der Waals surface area contributed by atoms with Gasteiger partial charge in [0.25, 0.3) is 0 Å². The van der Waals surface area contributed by atoms with Crippen molar-refractivity contribution in [3.05, 3.63) is 23.3 Å². The van der Waals surface area contributed by atoms with Crippen LogP contribution in [-0.2, 0) is 19.1 Å². The van der Waals surface area contributed by atoms with Gasteiger partial charge in [-0.05, 0) is 12.2 Å². The maximum Gasteiger partial charge on any atom is 0.333 e. The number of ketones is 2. The van der Waals surface area contributed by atoms with Crippen LogP contribution in [0.15, 0.2) is 23.3 Å². The molecule has 0 aromatic carbocycles. The van der Waals surface area contributed by atoms with Crippen LogP contribution in [0.25, 0.3) is 0 Å². The summed E-state index contributed by atoms with van der Waals surface area (Å²) >= 11 is 0. The lowest BCUT2D eigenvalue weighted by Crippen LogP contribution is -2.34. The highest BCUT2D eigenvalue weighted by molar-refractivity contribution is 6.20. The second-order valence-electron chi connectivity index (χ2n) is 3.36. The molecule has 0 bridgehead atoms. The van der Waals surface area contributed by atoms with Gasteiger partial charge < -0.3 is 9.84 Å². The molecule has 1 atom stereocenters. The zero-order valence-corrected chi connectivity index (χ0v) is 7.73. The normalized spacial score (nSPS) is 25.5. The van der Waals surface area contributed by atoms with Crippen LogP contribution < -0.4 is 0 Å². The molecule has 1 heterocycles. The fourth-order valence-electron chi connectivity index (χ4n) is 1.62. The molecule has 1 aliphatic carbocycles. The Labute approximate surface area is 85.0 Å². The Hall–Kier alpha value is -1.75. The minimum Gasteiger partial charge on any atom is -0.479 e. The van der Waals surface area contributed by atoms with Gasteiger partial charge in [-0.15, -0.1) is 0 Å². The Morgan fingerprint density at radius 2 is 1.87 bits per heavy atom. The number of allylic oxidation sites excluding steroid dienone is 2. The molecule has 0 radical (unpaired) electrons. The number of hydrogen-bond acceptors (Lipinski definition) is 4. The van der Waals surface area contributed by atoms with Crippen LogP contribution in [0.5, 0.6) is 0 Å². The minimum absolute atomic E-state index is 0.0282. The minimum atomic E-state index is -1.11. The molecule has 1 N–H and O–H groups in total. The summed E-state index contributed by atoms with van der Waals surface area (Å²) in [6.07, 6.45) is 1.31. The summed E-state index contributed by atoms with van der Waals surface area (Å²) in [7, 11) is 0. The van der Waals surface area contributed by atoms with Gasteiger partial charge in [-0.25, -0.2) is 4.79 Å². The number of ether oxygens (including phenoxy) is 1. The monoisotopic (exact) mass is 208 g/mol. The lowest BCUT2D eigenvalue weighted by atomic mass is 9.89. The molecule has 0 saturated carbocycles. The first-order valence-corrected chi connectivity index (χ1v) is 4.43. The van der Waals surface area contributed by atoms with Crippen molar-refractivity contribution < 1.29 is 24.2 Å². The SMILES string of the molecule is O=C1C=CC(=O)C2=C1COC(C(=O)O)C2. The van der Waals surface area contributed by atoms with Gasteiger partial charge in [0.15, 0.2) is 17.7 Å². The lowest BCUT2D eigenvalue weighted by Gasteiger charge is -2.24. The van der Waals surface area contributed by atoms with Crippen molar-refractivity contribution >= 4 is 17.5 Å². The molecule has 1 aliphatic heterocycles. The van der Waals surface area contributed by atoms with Crippen molar-refractivity contribution in [2.75, 3.05) is 6.61 Å². The molecule has 0 aromatic rings. The van der Waals surface area contributed by atoms with Crippen molar-refractivity contribution in [3.8, 4) is 0 Å². The van der Waals surface area contributed by atoms with E-state index in [0.717, 1.165) is 0 Å². The van der Waals surface area contributed by atoms with Gasteiger partial charge in [0, 0.05) is 17.6 Å². The predicted octanol–water partition coefficient (Wildman–Crippen LogP) is -0.136. The largest absolute Gasteiger partial charge is 0.479 e. The molecule has 0 fully saturated rings. The van der Waals surface area contributed by atoms with E-state index in [-0.39, 0.29) is 30.2 Å². The highest BCUT2D eigenvalue weighted by atomic mass is 16.5. The van der Waals surface area contributed by atoms with Crippen molar-refractivity contribution in [3.63, 3.8) is 0 Å². The molecule has 2 aliphatic rings. The fourth-order valence-corrected chi connectivity index (χ4v) is 1.62. The number of hydrogen-bond donors (Lipinski definition) is 1. The zero-order chi connectivity index (χ0) is 11.0. The van der Waals surface area contributed by atoms with Crippen molar-refractivity contribution in [2.45, 2.75) is 12.5 Å². The van der Waals surface area contributed by atoms with Crippen molar-refractivity contribution in [2.24, 2.45) is 0 Å². The summed E-state index contributed by atoms with van der Waals surface area (Å²) in [4.78, 5) is 33.4. The molecule has 0 aromatic heterocycles. The van der Waals surface area contributed by atoms with E-state index in [1.54, 1.807) is 0 Å². The van der Waals surface area contributed by atoms with Gasteiger partial charge in [-0.2, -0.15) is 0 Å². The van der Waals surface area contributed by atoms with Crippen LogP contribution in [0.3, 0.4) is 0 Å². The van der Waals surface area contributed by atoms with Gasteiger partial charge >= 0.3 is 5.97 Å². The third-order valence-electron chi connectivity index (χ3n) is 2.44. The first-order valence-electron chi connectivity index (χ1n) is 4.43. The van der Waals surface area contributed by atoms with E-state index in [4.69, 9.17) is 9.84 Å². The van der Waals surface area contributed by atoms with E-state index in [1.165, 1.54) is 12.2 Å². The Kier molecular flexibility index (Phi) is 2.24. The maximum absolute atomic E-state index is 11.4. The van der Waals surface area contributed by atoms with E-state index in [0.29, 0.717) is 5.57 Å². The van der Waals surface area contributed by atoms with Crippen LogP contribution >= 0.6 is 0 Å². The zero-order valence-electron chi connectivity index (χ0n) is 7.73. The van der Waals surface area contributed by atoms with Crippen LogP contribution in [0.1, 0.15) is 6.42 Å². The Bertz CT molecular complexity index is 416. The highest BCUT2D eigenvalue weighted by Gasteiger charge is 2.33. The molecule has 2 rings (SSSR count). The van der Waals surface area contributed by atoms with Gasteiger partial charge in [0.2, 0.25) is 0 Å². The fraction of sp³-hybridized carbons (Fsp3) is 0.300. The second-order valence-corrected chi connectivity index (χ2v) is 3.36. The molecular weight excluding hydrogens is 200 g/mol. The number of carbonyl (C=O) groups excluding carboxylic acids is 2. The highest BCUT2D eigenvalue weighted by Crippen LogP contribution is 2.25. The molecule has 0 amide bonds. The quantitative estimate of drug-likeness (QED) is 0.607. The molecule has 15 heavy (non-hydrogen) atoms. The molecule has 1 unspecified atom stereocenters. The summed E-state index contributed by atoms with van der Waals surface area (Å²) < 4.78 is 4.96. The first kappa shape index (κ1) is 9.79. The van der Waals surface area contributed by atoms with Crippen LogP contribution in [-0.4, -0.2) is 35.4 Å². The molecule has 78 valence electrons. The third kappa shape index (κ3) is 1.61. The number of rotatable bonds is 1. The Balaban J connectivity index is 2.31. The molecule has 5 nitrogen and oxygen atoms in total. The van der Waals surface area contributed by atoms with Crippen LogP contribution in [0.4, 0.5) is 0 Å². The smallest absolute Gasteiger partial charge is 0.333 e. The number of carboxylic acids is 1. The summed E-state index contributed by atoms with van der Waals surface area (Å²) in [6, 6.07) is 0.